The van der Waals surface area contributed by atoms with Crippen LogP contribution in [-0.2, 0) is 12.7 Å². The maximum Gasteiger partial charge on any atom is 0.416 e. The van der Waals surface area contributed by atoms with E-state index in [0.29, 0.717) is 38.5 Å². The van der Waals surface area contributed by atoms with Crippen LogP contribution in [0.25, 0.3) is 0 Å². The number of alkyl halides is 3. The van der Waals surface area contributed by atoms with Crippen molar-refractivity contribution >= 4 is 23.5 Å². The summed E-state index contributed by atoms with van der Waals surface area (Å²) in [5.41, 5.74) is -0.493. The standard InChI is InChI=1S/C22H25ClF3N5O2/c23-17-3-4-18(22(24,25)26)16(13-17)14-30-9-11-31(12-10-30)19-5-6-20(29-28-19)33-21(32)27-8-7-15-1-2-15/h3-6,13,15H,1-2,7-12,14H2,(H,27,32). The normalized spacial score (nSPS) is 17.2. The number of nitrogens with zero attached hydrogens (tertiary/aromatic N) is 4. The summed E-state index contributed by atoms with van der Waals surface area (Å²) in [5.74, 6) is 1.46. The molecule has 2 aliphatic rings. The van der Waals surface area contributed by atoms with Gasteiger partial charge in [-0.25, -0.2) is 4.79 Å². The molecule has 178 valence electrons. The third-order valence-corrected chi connectivity index (χ3v) is 6.04. The fourth-order valence-corrected chi connectivity index (χ4v) is 3.99. The van der Waals surface area contributed by atoms with Crippen molar-refractivity contribution in [1.82, 2.24) is 20.4 Å². The van der Waals surface area contributed by atoms with Gasteiger partial charge in [0.2, 0.25) is 5.88 Å². The number of anilines is 1. The molecule has 1 saturated heterocycles. The third kappa shape index (κ3) is 6.70. The average molecular weight is 484 g/mol. The Kier molecular flexibility index (Phi) is 7.23. The Hall–Kier alpha value is -2.59. The van der Waals surface area contributed by atoms with Gasteiger partial charge >= 0.3 is 12.3 Å². The van der Waals surface area contributed by atoms with Crippen molar-refractivity contribution in [2.45, 2.75) is 32.0 Å². The van der Waals surface area contributed by atoms with Crippen LogP contribution in [0.3, 0.4) is 0 Å². The first kappa shape index (κ1) is 23.6. The highest BCUT2D eigenvalue weighted by atomic mass is 35.5. The van der Waals surface area contributed by atoms with E-state index in [2.05, 4.69) is 15.5 Å². The molecule has 1 N–H and O–H groups in total. The Bertz CT molecular complexity index is 961. The molecule has 4 rings (SSSR count). The number of piperazine rings is 1. The van der Waals surface area contributed by atoms with Gasteiger partial charge in [-0.3, -0.25) is 4.90 Å². The van der Waals surface area contributed by atoms with Crippen molar-refractivity contribution < 1.29 is 22.7 Å². The molecule has 0 bridgehead atoms. The number of aromatic nitrogens is 2. The van der Waals surface area contributed by atoms with E-state index in [-0.39, 0.29) is 23.0 Å². The summed E-state index contributed by atoms with van der Waals surface area (Å²) in [7, 11) is 0. The van der Waals surface area contributed by atoms with Gasteiger partial charge in [-0.15, -0.1) is 10.2 Å². The monoisotopic (exact) mass is 483 g/mol. The molecular formula is C22H25ClF3N5O2. The van der Waals surface area contributed by atoms with Crippen molar-refractivity contribution in [2.75, 3.05) is 37.6 Å². The molecule has 2 heterocycles. The summed E-state index contributed by atoms with van der Waals surface area (Å²) in [6.07, 6.45) is -1.55. The van der Waals surface area contributed by atoms with Crippen LogP contribution < -0.4 is 15.0 Å². The van der Waals surface area contributed by atoms with Crippen molar-refractivity contribution in [1.29, 1.82) is 0 Å². The first-order valence-electron chi connectivity index (χ1n) is 10.9. The first-order chi connectivity index (χ1) is 15.8. The molecular weight excluding hydrogens is 459 g/mol. The van der Waals surface area contributed by atoms with Crippen molar-refractivity contribution in [3.05, 3.63) is 46.5 Å². The molecule has 1 aliphatic carbocycles. The van der Waals surface area contributed by atoms with Crippen LogP contribution in [0.5, 0.6) is 5.88 Å². The van der Waals surface area contributed by atoms with Crippen LogP contribution in [0.4, 0.5) is 23.8 Å². The second kappa shape index (κ2) is 10.1. The predicted molar refractivity (Wildman–Crippen MR) is 117 cm³/mol. The topological polar surface area (TPSA) is 70.6 Å². The lowest BCUT2D eigenvalue weighted by Gasteiger charge is -2.35. The van der Waals surface area contributed by atoms with Crippen molar-refractivity contribution in [3.63, 3.8) is 0 Å². The first-order valence-corrected chi connectivity index (χ1v) is 11.3. The van der Waals surface area contributed by atoms with E-state index in [1.54, 1.807) is 12.1 Å². The van der Waals surface area contributed by atoms with Gasteiger partial charge in [-0.2, -0.15) is 13.2 Å². The number of carbonyl (C=O) groups is 1. The summed E-state index contributed by atoms with van der Waals surface area (Å²) in [5, 5.41) is 11.1. The summed E-state index contributed by atoms with van der Waals surface area (Å²) in [6.45, 7) is 3.04. The highest BCUT2D eigenvalue weighted by molar-refractivity contribution is 6.30. The molecule has 0 atom stereocenters. The van der Waals surface area contributed by atoms with Gasteiger partial charge in [-0.1, -0.05) is 24.4 Å². The second-order valence-electron chi connectivity index (χ2n) is 8.34. The van der Waals surface area contributed by atoms with Crippen LogP contribution in [0.2, 0.25) is 5.02 Å². The minimum Gasteiger partial charge on any atom is -0.390 e. The van der Waals surface area contributed by atoms with Gasteiger partial charge < -0.3 is 15.0 Å². The Morgan fingerprint density at radius 2 is 1.88 bits per heavy atom. The number of rotatable bonds is 7. The number of hydrogen-bond donors (Lipinski definition) is 1. The maximum atomic E-state index is 13.3. The van der Waals surface area contributed by atoms with E-state index in [1.807, 2.05) is 9.80 Å². The zero-order chi connectivity index (χ0) is 23.4. The van der Waals surface area contributed by atoms with E-state index >= 15 is 0 Å². The largest absolute Gasteiger partial charge is 0.416 e. The number of benzene rings is 1. The molecule has 33 heavy (non-hydrogen) atoms. The number of amides is 1. The van der Waals surface area contributed by atoms with Gasteiger partial charge in [0.1, 0.15) is 0 Å². The maximum absolute atomic E-state index is 13.3. The van der Waals surface area contributed by atoms with E-state index in [9.17, 15) is 18.0 Å². The second-order valence-corrected chi connectivity index (χ2v) is 8.78. The van der Waals surface area contributed by atoms with Crippen LogP contribution in [0.15, 0.2) is 30.3 Å². The Morgan fingerprint density at radius 1 is 1.12 bits per heavy atom. The highest BCUT2D eigenvalue weighted by Gasteiger charge is 2.34. The Morgan fingerprint density at radius 3 is 2.52 bits per heavy atom. The summed E-state index contributed by atoms with van der Waals surface area (Å²) in [4.78, 5) is 15.7. The third-order valence-electron chi connectivity index (χ3n) is 5.81. The predicted octanol–water partition coefficient (Wildman–Crippen LogP) is 4.36. The average Bonchev–Trinajstić information content (AvgIpc) is 3.58. The van der Waals surface area contributed by atoms with Crippen LogP contribution >= 0.6 is 11.6 Å². The van der Waals surface area contributed by atoms with Gasteiger partial charge in [0.05, 0.1) is 5.56 Å². The van der Waals surface area contributed by atoms with E-state index < -0.39 is 17.8 Å². The Balaban J connectivity index is 1.27. The molecule has 1 aliphatic heterocycles. The van der Waals surface area contributed by atoms with E-state index in [4.69, 9.17) is 16.3 Å². The van der Waals surface area contributed by atoms with Gasteiger partial charge in [-0.05, 0) is 42.2 Å². The SMILES string of the molecule is O=C(NCCC1CC1)Oc1ccc(N2CCN(Cc3cc(Cl)ccc3C(F)(F)F)CC2)nn1. The number of hydrogen-bond acceptors (Lipinski definition) is 6. The van der Waals surface area contributed by atoms with Gasteiger partial charge in [0.25, 0.3) is 0 Å². The zero-order valence-corrected chi connectivity index (χ0v) is 18.7. The molecule has 1 amide bonds. The zero-order valence-electron chi connectivity index (χ0n) is 17.9. The quantitative estimate of drug-likeness (QED) is 0.631. The smallest absolute Gasteiger partial charge is 0.390 e. The molecule has 0 unspecified atom stereocenters. The lowest BCUT2D eigenvalue weighted by molar-refractivity contribution is -0.138. The molecule has 1 aromatic heterocycles. The van der Waals surface area contributed by atoms with Crippen molar-refractivity contribution in [2.24, 2.45) is 5.92 Å². The summed E-state index contributed by atoms with van der Waals surface area (Å²) in [6, 6.07) is 6.96. The van der Waals surface area contributed by atoms with Crippen LogP contribution in [0, 0.1) is 5.92 Å². The fraction of sp³-hybridized carbons (Fsp3) is 0.500. The Labute approximate surface area is 194 Å². The van der Waals surface area contributed by atoms with Crippen LogP contribution in [-0.4, -0.2) is 53.9 Å². The number of carbonyl (C=O) groups excluding carboxylic acids is 1. The molecule has 2 fully saturated rings. The number of nitrogens with one attached hydrogen (secondary N) is 1. The van der Waals surface area contributed by atoms with Gasteiger partial charge in [0, 0.05) is 50.4 Å². The van der Waals surface area contributed by atoms with E-state index in [1.165, 1.54) is 25.0 Å². The fourth-order valence-electron chi connectivity index (χ4n) is 3.80. The molecule has 11 heteroatoms. The van der Waals surface area contributed by atoms with Crippen molar-refractivity contribution in [3.8, 4) is 5.88 Å². The lowest BCUT2D eigenvalue weighted by Crippen LogP contribution is -2.46. The molecule has 2 aromatic rings. The lowest BCUT2D eigenvalue weighted by atomic mass is 10.1. The van der Waals surface area contributed by atoms with Crippen LogP contribution in [0.1, 0.15) is 30.4 Å². The summed E-state index contributed by atoms with van der Waals surface area (Å²) >= 11 is 5.93. The van der Waals surface area contributed by atoms with Gasteiger partial charge in [0.15, 0.2) is 5.82 Å². The molecule has 1 aromatic carbocycles. The molecule has 0 radical (unpaired) electrons. The number of ether oxygens (including phenoxy) is 1. The highest BCUT2D eigenvalue weighted by Crippen LogP contribution is 2.34. The molecule has 7 nitrogen and oxygen atoms in total. The molecule has 0 spiro atoms. The minimum atomic E-state index is -4.42. The van der Waals surface area contributed by atoms with E-state index in [0.717, 1.165) is 18.4 Å². The minimum absolute atomic E-state index is 0.113. The number of halogens is 4. The summed E-state index contributed by atoms with van der Waals surface area (Å²) < 4.78 is 45.1. The molecule has 1 saturated carbocycles.